The summed E-state index contributed by atoms with van der Waals surface area (Å²) in [5, 5.41) is 9.71. The molecule has 0 heterocycles. The summed E-state index contributed by atoms with van der Waals surface area (Å²) in [6.45, 7) is 0. The molecule has 1 fully saturated rings. The van der Waals surface area contributed by atoms with Gasteiger partial charge in [-0.3, -0.25) is 4.79 Å². The molecule has 17 heavy (non-hydrogen) atoms. The van der Waals surface area contributed by atoms with Crippen LogP contribution in [0, 0.1) is 0 Å². The predicted octanol–water partition coefficient (Wildman–Crippen LogP) is 2.11. The molecule has 90 valence electrons. The van der Waals surface area contributed by atoms with Gasteiger partial charge in [-0.1, -0.05) is 0 Å². The van der Waals surface area contributed by atoms with Gasteiger partial charge in [0.25, 0.3) is 0 Å². The third-order valence-corrected chi connectivity index (χ3v) is 3.70. The molecule has 3 heteroatoms. The Hall–Kier alpha value is -1.35. The molecule has 0 aromatic heterocycles. The SMILES string of the molecule is O=C1CCc2cc(OC3CCCC3O)ccc21. The number of fused-ring (bicyclic) bond motifs is 1. The van der Waals surface area contributed by atoms with Crippen LogP contribution in [0.3, 0.4) is 0 Å². The average Bonchev–Trinajstić information content (AvgIpc) is 2.87. The summed E-state index contributed by atoms with van der Waals surface area (Å²) in [6, 6.07) is 5.64. The van der Waals surface area contributed by atoms with Gasteiger partial charge in [0.05, 0.1) is 6.10 Å². The minimum atomic E-state index is -0.343. The van der Waals surface area contributed by atoms with Crippen LogP contribution < -0.4 is 4.74 Å². The molecule has 0 saturated heterocycles. The second kappa shape index (κ2) is 4.15. The number of carbonyl (C=O) groups is 1. The highest BCUT2D eigenvalue weighted by Crippen LogP contribution is 2.29. The Labute approximate surface area is 100 Å². The second-order valence-electron chi connectivity index (χ2n) is 4.90. The first-order chi connectivity index (χ1) is 8.24. The third-order valence-electron chi connectivity index (χ3n) is 3.70. The lowest BCUT2D eigenvalue weighted by Gasteiger charge is -2.17. The summed E-state index contributed by atoms with van der Waals surface area (Å²) in [6.07, 6.45) is 3.78. The number of aliphatic hydroxyl groups is 1. The molecule has 2 aliphatic rings. The van der Waals surface area contributed by atoms with E-state index in [0.717, 1.165) is 42.6 Å². The Bertz CT molecular complexity index is 453. The minimum absolute atomic E-state index is 0.0786. The van der Waals surface area contributed by atoms with Gasteiger partial charge in [-0.05, 0) is 49.4 Å². The standard InChI is InChI=1S/C14H16O3/c15-12-7-4-9-8-10(5-6-11(9)12)17-14-3-1-2-13(14)16/h5-6,8,13-14,16H,1-4,7H2. The number of rotatable bonds is 2. The van der Waals surface area contributed by atoms with E-state index in [1.807, 2.05) is 18.2 Å². The average molecular weight is 232 g/mol. The molecule has 0 bridgehead atoms. The van der Waals surface area contributed by atoms with Crippen LogP contribution in [0.1, 0.15) is 41.6 Å². The molecule has 1 N–H and O–H groups in total. The van der Waals surface area contributed by atoms with Crippen molar-refractivity contribution in [3.63, 3.8) is 0 Å². The van der Waals surface area contributed by atoms with Crippen LogP contribution >= 0.6 is 0 Å². The maximum Gasteiger partial charge on any atom is 0.163 e. The lowest BCUT2D eigenvalue weighted by Crippen LogP contribution is -2.25. The maximum absolute atomic E-state index is 11.5. The second-order valence-corrected chi connectivity index (χ2v) is 4.90. The molecule has 2 atom stereocenters. The van der Waals surface area contributed by atoms with Crippen molar-refractivity contribution in [2.75, 3.05) is 0 Å². The summed E-state index contributed by atoms with van der Waals surface area (Å²) in [5.41, 5.74) is 1.92. The molecule has 1 aromatic rings. The number of aryl methyl sites for hydroxylation is 1. The Morgan fingerprint density at radius 3 is 2.88 bits per heavy atom. The van der Waals surface area contributed by atoms with E-state index in [9.17, 15) is 9.90 Å². The maximum atomic E-state index is 11.5. The fourth-order valence-corrected chi connectivity index (χ4v) is 2.72. The number of hydrogen-bond acceptors (Lipinski definition) is 3. The van der Waals surface area contributed by atoms with Crippen molar-refractivity contribution in [3.8, 4) is 5.75 Å². The van der Waals surface area contributed by atoms with Crippen molar-refractivity contribution >= 4 is 5.78 Å². The van der Waals surface area contributed by atoms with E-state index in [-0.39, 0.29) is 18.0 Å². The fourth-order valence-electron chi connectivity index (χ4n) is 2.72. The number of carbonyl (C=O) groups excluding carboxylic acids is 1. The van der Waals surface area contributed by atoms with Gasteiger partial charge in [-0.2, -0.15) is 0 Å². The van der Waals surface area contributed by atoms with E-state index in [2.05, 4.69) is 0 Å². The highest BCUT2D eigenvalue weighted by atomic mass is 16.5. The van der Waals surface area contributed by atoms with Crippen molar-refractivity contribution in [1.82, 2.24) is 0 Å². The van der Waals surface area contributed by atoms with Gasteiger partial charge in [0, 0.05) is 12.0 Å². The number of hydrogen-bond donors (Lipinski definition) is 1. The zero-order valence-corrected chi connectivity index (χ0v) is 9.69. The van der Waals surface area contributed by atoms with Crippen LogP contribution in [0.2, 0.25) is 0 Å². The van der Waals surface area contributed by atoms with E-state index in [1.54, 1.807) is 0 Å². The van der Waals surface area contributed by atoms with Crippen LogP contribution in [-0.4, -0.2) is 23.1 Å². The van der Waals surface area contributed by atoms with Gasteiger partial charge in [0.15, 0.2) is 5.78 Å². The van der Waals surface area contributed by atoms with Crippen molar-refractivity contribution < 1.29 is 14.6 Å². The van der Waals surface area contributed by atoms with E-state index in [4.69, 9.17) is 4.74 Å². The Kier molecular flexibility index (Phi) is 2.63. The molecule has 1 aromatic carbocycles. The minimum Gasteiger partial charge on any atom is -0.488 e. The largest absolute Gasteiger partial charge is 0.488 e. The molecule has 0 radical (unpaired) electrons. The van der Waals surface area contributed by atoms with Gasteiger partial charge in [0.1, 0.15) is 11.9 Å². The van der Waals surface area contributed by atoms with Crippen LogP contribution in [0.4, 0.5) is 0 Å². The topological polar surface area (TPSA) is 46.5 Å². The van der Waals surface area contributed by atoms with Gasteiger partial charge >= 0.3 is 0 Å². The number of aliphatic hydroxyl groups excluding tert-OH is 1. The number of Topliss-reactive ketones (excluding diaryl/α,β-unsaturated/α-hetero) is 1. The van der Waals surface area contributed by atoms with Crippen molar-refractivity contribution in [1.29, 1.82) is 0 Å². The number of ether oxygens (including phenoxy) is 1. The predicted molar refractivity (Wildman–Crippen MR) is 63.4 cm³/mol. The lowest BCUT2D eigenvalue weighted by atomic mass is 10.1. The normalized spacial score (nSPS) is 27.2. The van der Waals surface area contributed by atoms with Crippen molar-refractivity contribution in [3.05, 3.63) is 29.3 Å². The van der Waals surface area contributed by atoms with Crippen LogP contribution in [0.25, 0.3) is 0 Å². The summed E-state index contributed by atoms with van der Waals surface area (Å²) < 4.78 is 5.79. The first-order valence-electron chi connectivity index (χ1n) is 6.25. The van der Waals surface area contributed by atoms with Gasteiger partial charge in [-0.15, -0.1) is 0 Å². The highest BCUT2D eigenvalue weighted by Gasteiger charge is 2.27. The van der Waals surface area contributed by atoms with Crippen LogP contribution in [0.5, 0.6) is 5.75 Å². The summed E-state index contributed by atoms with van der Waals surface area (Å²) in [5.74, 6) is 1.01. The fraction of sp³-hybridized carbons (Fsp3) is 0.500. The van der Waals surface area contributed by atoms with Gasteiger partial charge < -0.3 is 9.84 Å². The molecule has 3 nitrogen and oxygen atoms in total. The first-order valence-corrected chi connectivity index (χ1v) is 6.25. The summed E-state index contributed by atoms with van der Waals surface area (Å²) in [7, 11) is 0. The Morgan fingerprint density at radius 1 is 1.24 bits per heavy atom. The lowest BCUT2D eigenvalue weighted by molar-refractivity contribution is 0.0603. The molecule has 2 aliphatic carbocycles. The number of benzene rings is 1. The van der Waals surface area contributed by atoms with Crippen LogP contribution in [-0.2, 0) is 6.42 Å². The molecule has 1 saturated carbocycles. The molecular weight excluding hydrogens is 216 g/mol. The van der Waals surface area contributed by atoms with Crippen molar-refractivity contribution in [2.24, 2.45) is 0 Å². The third kappa shape index (κ3) is 1.95. The molecule has 0 spiro atoms. The first kappa shape index (κ1) is 10.8. The van der Waals surface area contributed by atoms with Crippen LogP contribution in [0.15, 0.2) is 18.2 Å². The van der Waals surface area contributed by atoms with E-state index < -0.39 is 0 Å². The van der Waals surface area contributed by atoms with E-state index >= 15 is 0 Å². The quantitative estimate of drug-likeness (QED) is 0.849. The van der Waals surface area contributed by atoms with E-state index in [1.165, 1.54) is 0 Å². The van der Waals surface area contributed by atoms with Gasteiger partial charge in [-0.25, -0.2) is 0 Å². The molecular formula is C14H16O3. The molecule has 3 rings (SSSR count). The molecule has 2 unspecified atom stereocenters. The zero-order chi connectivity index (χ0) is 11.8. The monoisotopic (exact) mass is 232 g/mol. The molecule has 0 amide bonds. The van der Waals surface area contributed by atoms with Gasteiger partial charge in [0.2, 0.25) is 0 Å². The zero-order valence-electron chi connectivity index (χ0n) is 9.69. The summed E-state index contributed by atoms with van der Waals surface area (Å²) >= 11 is 0. The number of ketones is 1. The summed E-state index contributed by atoms with van der Waals surface area (Å²) in [4.78, 5) is 11.5. The van der Waals surface area contributed by atoms with E-state index in [0.29, 0.717) is 6.42 Å². The van der Waals surface area contributed by atoms with Crippen molar-refractivity contribution in [2.45, 2.75) is 44.3 Å². The highest BCUT2D eigenvalue weighted by molar-refractivity contribution is 6.00. The molecule has 0 aliphatic heterocycles. The smallest absolute Gasteiger partial charge is 0.163 e. The Morgan fingerprint density at radius 2 is 2.12 bits per heavy atom. The Balaban J connectivity index is 1.78.